The summed E-state index contributed by atoms with van der Waals surface area (Å²) >= 11 is 0. The minimum atomic E-state index is -1.09. The van der Waals surface area contributed by atoms with E-state index in [1.165, 1.54) is 23.1 Å². The summed E-state index contributed by atoms with van der Waals surface area (Å²) in [6, 6.07) is 12.7. The third-order valence-corrected chi connectivity index (χ3v) is 4.08. The molecule has 0 spiro atoms. The molecule has 0 aliphatic heterocycles. The molecule has 0 aliphatic rings. The fraction of sp³-hybridized carbons (Fsp3) is 0.200. The van der Waals surface area contributed by atoms with Crippen molar-refractivity contribution in [1.82, 2.24) is 4.90 Å². The highest BCUT2D eigenvalue weighted by molar-refractivity contribution is 5.97. The summed E-state index contributed by atoms with van der Waals surface area (Å²) in [6.07, 6.45) is -1.09. The van der Waals surface area contributed by atoms with E-state index in [1.54, 1.807) is 51.4 Å². The summed E-state index contributed by atoms with van der Waals surface area (Å²) in [5.41, 5.74) is 1.40. The smallest absolute Gasteiger partial charge is 0.375 e. The molecule has 1 aromatic heterocycles. The van der Waals surface area contributed by atoms with Gasteiger partial charge < -0.3 is 14.1 Å². The lowest BCUT2D eigenvalue weighted by atomic mass is 10.1. The van der Waals surface area contributed by atoms with Crippen molar-refractivity contribution in [3.8, 4) is 0 Å². The third-order valence-electron chi connectivity index (χ3n) is 4.08. The van der Waals surface area contributed by atoms with Crippen molar-refractivity contribution in [2.45, 2.75) is 13.0 Å². The molecule has 5 nitrogen and oxygen atoms in total. The molecule has 134 valence electrons. The van der Waals surface area contributed by atoms with Crippen LogP contribution in [0.5, 0.6) is 0 Å². The second-order valence-electron chi connectivity index (χ2n) is 6.13. The minimum absolute atomic E-state index is 0.0434. The van der Waals surface area contributed by atoms with Gasteiger partial charge in [0, 0.05) is 30.6 Å². The summed E-state index contributed by atoms with van der Waals surface area (Å²) in [4.78, 5) is 26.5. The molecule has 0 fully saturated rings. The third kappa shape index (κ3) is 3.31. The van der Waals surface area contributed by atoms with Crippen molar-refractivity contribution >= 4 is 22.8 Å². The highest BCUT2D eigenvalue weighted by Gasteiger charge is 2.29. The van der Waals surface area contributed by atoms with Crippen LogP contribution in [0.1, 0.15) is 27.8 Å². The number of amides is 1. The summed E-state index contributed by atoms with van der Waals surface area (Å²) < 4.78 is 24.4. The van der Waals surface area contributed by atoms with Gasteiger partial charge in [-0.05, 0) is 25.1 Å². The molecule has 6 heteroatoms. The maximum atomic E-state index is 13.4. The number of hydrogen-bond donors (Lipinski definition) is 0. The first kappa shape index (κ1) is 17.7. The van der Waals surface area contributed by atoms with Gasteiger partial charge in [-0.3, -0.25) is 4.79 Å². The van der Waals surface area contributed by atoms with E-state index in [9.17, 15) is 14.0 Å². The van der Waals surface area contributed by atoms with E-state index in [0.717, 1.165) is 0 Å². The zero-order valence-corrected chi connectivity index (χ0v) is 14.7. The number of furan rings is 1. The van der Waals surface area contributed by atoms with Crippen molar-refractivity contribution in [1.29, 1.82) is 0 Å². The average molecular weight is 355 g/mol. The van der Waals surface area contributed by atoms with Gasteiger partial charge in [-0.15, -0.1) is 0 Å². The number of halogens is 1. The van der Waals surface area contributed by atoms with Gasteiger partial charge in [-0.25, -0.2) is 9.18 Å². The number of nitrogens with zero attached hydrogens (tertiary/aromatic N) is 1. The Morgan fingerprint density at radius 3 is 2.46 bits per heavy atom. The highest BCUT2D eigenvalue weighted by atomic mass is 19.1. The molecular weight excluding hydrogens is 337 g/mol. The number of fused-ring (bicyclic) bond motifs is 1. The molecular formula is C20H18FNO4. The average Bonchev–Trinajstić information content (AvgIpc) is 2.96. The van der Waals surface area contributed by atoms with E-state index >= 15 is 0 Å². The van der Waals surface area contributed by atoms with E-state index in [1.807, 2.05) is 0 Å². The first-order valence-electron chi connectivity index (χ1n) is 8.04. The topological polar surface area (TPSA) is 59.8 Å². The van der Waals surface area contributed by atoms with Crippen LogP contribution >= 0.6 is 0 Å². The Morgan fingerprint density at radius 1 is 1.12 bits per heavy atom. The van der Waals surface area contributed by atoms with Crippen LogP contribution in [0, 0.1) is 12.7 Å². The van der Waals surface area contributed by atoms with Gasteiger partial charge in [0.05, 0.1) is 0 Å². The van der Waals surface area contributed by atoms with Gasteiger partial charge in [0.25, 0.3) is 5.91 Å². The monoisotopic (exact) mass is 355 g/mol. The zero-order chi connectivity index (χ0) is 18.8. The Balaban J connectivity index is 1.96. The summed E-state index contributed by atoms with van der Waals surface area (Å²) in [6.45, 7) is 1.65. The number of aryl methyl sites for hydroxylation is 1. The largest absolute Gasteiger partial charge is 0.449 e. The van der Waals surface area contributed by atoms with E-state index in [-0.39, 0.29) is 11.7 Å². The van der Waals surface area contributed by atoms with Crippen LogP contribution in [-0.4, -0.2) is 30.9 Å². The molecule has 0 radical (unpaired) electrons. The van der Waals surface area contributed by atoms with Crippen molar-refractivity contribution in [3.05, 3.63) is 71.2 Å². The number of carbonyl (C=O) groups excluding carboxylic acids is 2. The number of hydrogen-bond acceptors (Lipinski definition) is 4. The molecule has 0 saturated carbocycles. The van der Waals surface area contributed by atoms with Gasteiger partial charge in [0.15, 0.2) is 0 Å². The zero-order valence-electron chi connectivity index (χ0n) is 14.7. The van der Waals surface area contributed by atoms with Gasteiger partial charge in [0.1, 0.15) is 11.4 Å². The number of rotatable bonds is 4. The van der Waals surface area contributed by atoms with Crippen molar-refractivity contribution in [3.63, 3.8) is 0 Å². The van der Waals surface area contributed by atoms with Crippen LogP contribution in [0.4, 0.5) is 4.39 Å². The molecule has 1 amide bonds. The predicted octanol–water partition coefficient (Wildman–Crippen LogP) is 3.87. The number of benzene rings is 2. The lowest BCUT2D eigenvalue weighted by molar-refractivity contribution is -0.138. The number of carbonyl (C=O) groups is 2. The molecule has 0 unspecified atom stereocenters. The van der Waals surface area contributed by atoms with Crippen LogP contribution in [-0.2, 0) is 9.53 Å². The van der Waals surface area contributed by atoms with E-state index in [4.69, 9.17) is 9.15 Å². The first-order valence-corrected chi connectivity index (χ1v) is 8.04. The molecule has 3 rings (SSSR count). The maximum Gasteiger partial charge on any atom is 0.375 e. The van der Waals surface area contributed by atoms with Crippen LogP contribution < -0.4 is 0 Å². The number of ether oxygens (including phenoxy) is 1. The molecule has 0 aliphatic carbocycles. The Labute approximate surface area is 150 Å². The quantitative estimate of drug-likeness (QED) is 0.667. The van der Waals surface area contributed by atoms with E-state index < -0.39 is 17.9 Å². The summed E-state index contributed by atoms with van der Waals surface area (Å²) in [5.74, 6) is -1.61. The van der Waals surface area contributed by atoms with Gasteiger partial charge in [-0.2, -0.15) is 0 Å². The van der Waals surface area contributed by atoms with Gasteiger partial charge in [-0.1, -0.05) is 30.3 Å². The minimum Gasteiger partial charge on any atom is -0.449 e. The van der Waals surface area contributed by atoms with Crippen molar-refractivity contribution < 1.29 is 23.1 Å². The Morgan fingerprint density at radius 2 is 1.81 bits per heavy atom. The van der Waals surface area contributed by atoms with Crippen molar-refractivity contribution in [2.24, 2.45) is 0 Å². The standard InChI is InChI=1S/C20H18FNO4/c1-12-15-11-14(21)9-10-16(15)25-17(12)20(24)26-18(19(23)22(2)3)13-7-5-4-6-8-13/h4-11,18H,1-3H3/t18-/m0/s1. The summed E-state index contributed by atoms with van der Waals surface area (Å²) in [5, 5.41) is 0.493. The first-order chi connectivity index (χ1) is 12.4. The molecule has 1 heterocycles. The van der Waals surface area contributed by atoms with Crippen LogP contribution in [0.15, 0.2) is 52.9 Å². The second-order valence-corrected chi connectivity index (χ2v) is 6.13. The van der Waals surface area contributed by atoms with Gasteiger partial charge in [0.2, 0.25) is 11.9 Å². The molecule has 1 atom stereocenters. The molecule has 0 bridgehead atoms. The van der Waals surface area contributed by atoms with Crippen LogP contribution in [0.25, 0.3) is 11.0 Å². The normalized spacial score (nSPS) is 12.0. The highest BCUT2D eigenvalue weighted by Crippen LogP contribution is 2.28. The lowest BCUT2D eigenvalue weighted by Gasteiger charge is -2.20. The fourth-order valence-corrected chi connectivity index (χ4v) is 2.67. The van der Waals surface area contributed by atoms with E-state index in [2.05, 4.69) is 0 Å². The summed E-state index contributed by atoms with van der Waals surface area (Å²) in [7, 11) is 3.17. The molecule has 0 saturated heterocycles. The molecule has 0 N–H and O–H groups in total. The van der Waals surface area contributed by atoms with Crippen LogP contribution in [0.3, 0.4) is 0 Å². The number of likely N-dealkylation sites (N-methyl/N-ethyl adjacent to an activating group) is 1. The maximum absolute atomic E-state index is 13.4. The second kappa shape index (κ2) is 7.00. The Bertz CT molecular complexity index is 963. The number of esters is 1. The molecule has 2 aromatic carbocycles. The van der Waals surface area contributed by atoms with Crippen molar-refractivity contribution in [2.75, 3.05) is 14.1 Å². The lowest BCUT2D eigenvalue weighted by Crippen LogP contribution is -2.31. The fourth-order valence-electron chi connectivity index (χ4n) is 2.67. The van der Waals surface area contributed by atoms with Gasteiger partial charge >= 0.3 is 5.97 Å². The van der Waals surface area contributed by atoms with Crippen LogP contribution in [0.2, 0.25) is 0 Å². The predicted molar refractivity (Wildman–Crippen MR) is 94.2 cm³/mol. The molecule has 3 aromatic rings. The Kier molecular flexibility index (Phi) is 4.75. The Hall–Kier alpha value is -3.15. The SMILES string of the molecule is Cc1c(C(=O)O[C@H](C(=O)N(C)C)c2ccccc2)oc2ccc(F)cc12. The molecule has 26 heavy (non-hydrogen) atoms. The van der Waals surface area contributed by atoms with E-state index in [0.29, 0.717) is 22.1 Å².